The van der Waals surface area contributed by atoms with Gasteiger partial charge in [0.05, 0.1) is 21.8 Å². The molecule has 0 aliphatic heterocycles. The third-order valence-corrected chi connectivity index (χ3v) is 8.52. The second-order valence-corrected chi connectivity index (χ2v) is 11.2. The first kappa shape index (κ1) is 25.9. The van der Waals surface area contributed by atoms with Crippen LogP contribution in [-0.2, 0) is 16.6 Å². The summed E-state index contributed by atoms with van der Waals surface area (Å²) in [6, 6.07) is 16.0. The quantitative estimate of drug-likeness (QED) is 0.273. The van der Waals surface area contributed by atoms with Crippen LogP contribution in [0.1, 0.15) is 42.7 Å². The highest BCUT2D eigenvalue weighted by Crippen LogP contribution is 2.32. The minimum Gasteiger partial charge on any atom is -0.278 e. The van der Waals surface area contributed by atoms with Gasteiger partial charge in [0, 0.05) is 24.8 Å². The number of benzene rings is 2. The molecule has 0 radical (unpaired) electrons. The number of rotatable bonds is 10. The molecule has 7 nitrogen and oxygen atoms in total. The Kier molecular flexibility index (Phi) is 8.07. The molecule has 10 heteroatoms. The Morgan fingerprint density at radius 1 is 0.972 bits per heavy atom. The van der Waals surface area contributed by atoms with Crippen LogP contribution in [-0.4, -0.2) is 41.7 Å². The van der Waals surface area contributed by atoms with Gasteiger partial charge in [0.25, 0.3) is 5.91 Å². The minimum absolute atomic E-state index is 0.127. The summed E-state index contributed by atoms with van der Waals surface area (Å²) in [5, 5.41) is 0.333. The molecule has 0 saturated heterocycles. The lowest BCUT2D eigenvalue weighted by molar-refractivity contribution is 0.0984. The Hall–Kier alpha value is -3.21. The molecule has 4 aromatic rings. The van der Waals surface area contributed by atoms with Crippen LogP contribution < -0.4 is 4.90 Å². The maximum absolute atomic E-state index is 14.3. The van der Waals surface area contributed by atoms with Crippen molar-refractivity contribution in [1.82, 2.24) is 14.3 Å². The van der Waals surface area contributed by atoms with Gasteiger partial charge < -0.3 is 0 Å². The van der Waals surface area contributed by atoms with E-state index in [4.69, 9.17) is 0 Å². The van der Waals surface area contributed by atoms with Crippen LogP contribution in [0.2, 0.25) is 0 Å². The fourth-order valence-corrected chi connectivity index (χ4v) is 6.43. The highest BCUT2D eigenvalue weighted by molar-refractivity contribution is 7.89. The van der Waals surface area contributed by atoms with Crippen LogP contribution in [0.4, 0.5) is 9.52 Å². The fourth-order valence-electron chi connectivity index (χ4n) is 3.82. The Morgan fingerprint density at radius 2 is 1.69 bits per heavy atom. The van der Waals surface area contributed by atoms with Crippen molar-refractivity contribution < 1.29 is 17.6 Å². The number of thiazole rings is 1. The summed E-state index contributed by atoms with van der Waals surface area (Å²) in [5.41, 5.74) is 1.13. The van der Waals surface area contributed by atoms with Crippen molar-refractivity contribution in [1.29, 1.82) is 0 Å². The number of carbonyl (C=O) groups is 1. The van der Waals surface area contributed by atoms with E-state index < -0.39 is 15.8 Å². The maximum atomic E-state index is 14.3. The second kappa shape index (κ2) is 11.2. The molecule has 0 aliphatic rings. The summed E-state index contributed by atoms with van der Waals surface area (Å²) < 4.78 is 42.6. The zero-order valence-corrected chi connectivity index (χ0v) is 21.7. The Labute approximate surface area is 214 Å². The van der Waals surface area contributed by atoms with Crippen LogP contribution in [0.3, 0.4) is 0 Å². The van der Waals surface area contributed by atoms with E-state index in [1.165, 1.54) is 50.9 Å². The molecule has 0 unspecified atom stereocenters. The lowest BCUT2D eigenvalue weighted by atomic mass is 10.2. The number of carbonyl (C=O) groups excluding carboxylic acids is 1. The summed E-state index contributed by atoms with van der Waals surface area (Å²) in [4.78, 5) is 23.9. The van der Waals surface area contributed by atoms with E-state index in [0.29, 0.717) is 47.0 Å². The smallest absolute Gasteiger partial charge is 0.260 e. The SMILES string of the molecule is CCCN(CCC)S(=O)(=O)c1ccc(C(=O)N(Cc2ccccn2)c2nc3c(F)cccc3s2)cc1. The first-order valence-corrected chi connectivity index (χ1v) is 14.0. The van der Waals surface area contributed by atoms with Crippen molar-refractivity contribution in [3.63, 3.8) is 0 Å². The molecule has 0 spiro atoms. The molecule has 2 aromatic heterocycles. The van der Waals surface area contributed by atoms with Gasteiger partial charge in [-0.15, -0.1) is 0 Å². The second-order valence-electron chi connectivity index (χ2n) is 8.22. The van der Waals surface area contributed by atoms with Crippen molar-refractivity contribution in [3.05, 3.63) is 83.9 Å². The average molecular weight is 527 g/mol. The molecule has 2 heterocycles. The number of hydrogen-bond acceptors (Lipinski definition) is 6. The molecule has 2 aromatic carbocycles. The van der Waals surface area contributed by atoms with Crippen molar-refractivity contribution in [2.75, 3.05) is 18.0 Å². The minimum atomic E-state index is -3.66. The van der Waals surface area contributed by atoms with Gasteiger partial charge in [0.15, 0.2) is 5.13 Å². The summed E-state index contributed by atoms with van der Waals surface area (Å²) >= 11 is 1.21. The van der Waals surface area contributed by atoms with Crippen LogP contribution in [0.5, 0.6) is 0 Å². The molecule has 4 rings (SSSR count). The molecule has 0 saturated carbocycles. The van der Waals surface area contributed by atoms with Gasteiger partial charge in [-0.2, -0.15) is 4.31 Å². The molecule has 188 valence electrons. The summed E-state index contributed by atoms with van der Waals surface area (Å²) in [7, 11) is -3.66. The number of hydrogen-bond donors (Lipinski definition) is 0. The molecule has 0 bridgehead atoms. The normalized spacial score (nSPS) is 11.8. The number of sulfonamides is 1. The monoisotopic (exact) mass is 526 g/mol. The van der Waals surface area contributed by atoms with Gasteiger partial charge >= 0.3 is 0 Å². The molecule has 0 aliphatic carbocycles. The lowest BCUT2D eigenvalue weighted by Gasteiger charge is -2.22. The number of para-hydroxylation sites is 1. The lowest BCUT2D eigenvalue weighted by Crippen LogP contribution is -2.33. The summed E-state index contributed by atoms with van der Waals surface area (Å²) in [5.74, 6) is -0.846. The number of halogens is 1. The van der Waals surface area contributed by atoms with Crippen LogP contribution in [0.15, 0.2) is 71.8 Å². The molecule has 1 amide bonds. The molecule has 36 heavy (non-hydrogen) atoms. The van der Waals surface area contributed by atoms with Gasteiger partial charge in [0.2, 0.25) is 10.0 Å². The molecule has 0 atom stereocenters. The van der Waals surface area contributed by atoms with Crippen molar-refractivity contribution in [2.45, 2.75) is 38.1 Å². The Morgan fingerprint density at radius 3 is 2.31 bits per heavy atom. The van der Waals surface area contributed by atoms with E-state index in [1.54, 1.807) is 30.5 Å². The highest BCUT2D eigenvalue weighted by atomic mass is 32.2. The average Bonchev–Trinajstić information content (AvgIpc) is 3.33. The number of fused-ring (bicyclic) bond motifs is 1. The zero-order valence-electron chi connectivity index (χ0n) is 20.1. The van der Waals surface area contributed by atoms with E-state index in [9.17, 15) is 17.6 Å². The van der Waals surface area contributed by atoms with Gasteiger partial charge in [-0.05, 0) is 61.4 Å². The van der Waals surface area contributed by atoms with Crippen molar-refractivity contribution in [2.24, 2.45) is 0 Å². The van der Waals surface area contributed by atoms with Crippen LogP contribution >= 0.6 is 11.3 Å². The Bertz CT molecular complexity index is 1440. The fraction of sp³-hybridized carbons (Fsp3) is 0.269. The number of pyridine rings is 1. The predicted octanol–water partition coefficient (Wildman–Crippen LogP) is 5.49. The largest absolute Gasteiger partial charge is 0.278 e. The number of amides is 1. The highest BCUT2D eigenvalue weighted by Gasteiger charge is 2.26. The van der Waals surface area contributed by atoms with Gasteiger partial charge in [-0.3, -0.25) is 14.7 Å². The molecule has 0 fully saturated rings. The van der Waals surface area contributed by atoms with E-state index >= 15 is 0 Å². The molecular weight excluding hydrogens is 499 g/mol. The topological polar surface area (TPSA) is 83.5 Å². The van der Waals surface area contributed by atoms with Crippen molar-refractivity contribution >= 4 is 42.6 Å². The van der Waals surface area contributed by atoms with Gasteiger partial charge in [-0.25, -0.2) is 17.8 Å². The Balaban J connectivity index is 1.68. The third-order valence-electron chi connectivity index (χ3n) is 5.57. The number of aromatic nitrogens is 2. The van der Waals surface area contributed by atoms with Crippen LogP contribution in [0, 0.1) is 5.82 Å². The predicted molar refractivity (Wildman–Crippen MR) is 140 cm³/mol. The van der Waals surface area contributed by atoms with Gasteiger partial charge in [0.1, 0.15) is 11.3 Å². The zero-order chi connectivity index (χ0) is 25.7. The van der Waals surface area contributed by atoms with E-state index in [-0.39, 0.29) is 22.9 Å². The molecule has 0 N–H and O–H groups in total. The first-order chi connectivity index (χ1) is 17.3. The number of anilines is 1. The summed E-state index contributed by atoms with van der Waals surface area (Å²) in [6.45, 7) is 4.86. The standard InChI is InChI=1S/C26H27FN4O3S2/c1-3-16-30(17-4-2)36(33,34)21-13-11-19(12-14-21)25(32)31(18-20-8-5-6-15-28-20)26-29-24-22(27)9-7-10-23(24)35-26/h5-15H,3-4,16-18H2,1-2H3. The number of nitrogens with zero attached hydrogens (tertiary/aromatic N) is 4. The van der Waals surface area contributed by atoms with E-state index in [0.717, 1.165) is 0 Å². The maximum Gasteiger partial charge on any atom is 0.260 e. The van der Waals surface area contributed by atoms with E-state index in [2.05, 4.69) is 9.97 Å². The first-order valence-electron chi connectivity index (χ1n) is 11.7. The van der Waals surface area contributed by atoms with Crippen molar-refractivity contribution in [3.8, 4) is 0 Å². The summed E-state index contributed by atoms with van der Waals surface area (Å²) in [6.07, 6.45) is 3.05. The van der Waals surface area contributed by atoms with Gasteiger partial charge in [-0.1, -0.05) is 37.3 Å². The third kappa shape index (κ3) is 5.45. The molecular formula is C26H27FN4O3S2. The van der Waals surface area contributed by atoms with Crippen LogP contribution in [0.25, 0.3) is 10.2 Å². The van der Waals surface area contributed by atoms with E-state index in [1.807, 2.05) is 19.9 Å².